The summed E-state index contributed by atoms with van der Waals surface area (Å²) >= 11 is 5.77. The molecule has 5 nitrogen and oxygen atoms in total. The summed E-state index contributed by atoms with van der Waals surface area (Å²) in [6.07, 6.45) is 0.785. The lowest BCUT2D eigenvalue weighted by molar-refractivity contribution is -0.118. The second kappa shape index (κ2) is 5.65. The molecule has 1 aliphatic heterocycles. The molecule has 2 rings (SSSR count). The Kier molecular flexibility index (Phi) is 4.16. The van der Waals surface area contributed by atoms with E-state index in [1.807, 2.05) is 6.92 Å². The Balaban J connectivity index is 1.99. The third kappa shape index (κ3) is 2.98. The van der Waals surface area contributed by atoms with Crippen molar-refractivity contribution in [3.8, 4) is 0 Å². The van der Waals surface area contributed by atoms with Crippen molar-refractivity contribution in [2.75, 3.05) is 19.0 Å². The first kappa shape index (κ1) is 13.3. The van der Waals surface area contributed by atoms with Crippen LogP contribution in [-0.4, -0.2) is 36.7 Å². The molecule has 98 valence electrons. The fourth-order valence-electron chi connectivity index (χ4n) is 1.96. The Morgan fingerprint density at radius 2 is 2.39 bits per heavy atom. The lowest BCUT2D eigenvalue weighted by Gasteiger charge is -2.12. The summed E-state index contributed by atoms with van der Waals surface area (Å²) in [6.45, 7) is 2.51. The van der Waals surface area contributed by atoms with Crippen LogP contribution in [-0.2, 0) is 9.53 Å². The molecule has 2 unspecified atom stereocenters. The van der Waals surface area contributed by atoms with Gasteiger partial charge in [0.05, 0.1) is 23.5 Å². The van der Waals surface area contributed by atoms with E-state index in [0.717, 1.165) is 0 Å². The zero-order valence-electron chi connectivity index (χ0n) is 10.4. The molecule has 2 atom stereocenters. The van der Waals surface area contributed by atoms with Crippen molar-refractivity contribution < 1.29 is 9.53 Å². The van der Waals surface area contributed by atoms with Crippen molar-refractivity contribution in [3.05, 3.63) is 23.0 Å². The molecule has 1 aromatic rings. The predicted octanol–water partition coefficient (Wildman–Crippen LogP) is 1.36. The number of ether oxygens (including phenoxy) is 1. The van der Waals surface area contributed by atoms with Crippen molar-refractivity contribution in [1.29, 1.82) is 0 Å². The molecular weight excluding hydrogens is 254 g/mol. The van der Waals surface area contributed by atoms with Crippen LogP contribution in [0.3, 0.4) is 0 Å². The fraction of sp³-hybridized carbons (Fsp3) is 0.500. The van der Waals surface area contributed by atoms with E-state index in [0.29, 0.717) is 29.5 Å². The van der Waals surface area contributed by atoms with Crippen LogP contribution in [0.2, 0.25) is 5.15 Å². The number of anilines is 1. The normalized spacial score (nSPS) is 23.1. The Bertz CT molecular complexity index is 453. The van der Waals surface area contributed by atoms with Gasteiger partial charge in [-0.3, -0.25) is 4.79 Å². The van der Waals surface area contributed by atoms with Crippen LogP contribution in [0, 0.1) is 6.92 Å². The van der Waals surface area contributed by atoms with Gasteiger partial charge in [0.2, 0.25) is 5.91 Å². The summed E-state index contributed by atoms with van der Waals surface area (Å²) in [4.78, 5) is 16.1. The summed E-state index contributed by atoms with van der Waals surface area (Å²) in [6, 6.07) is 3.19. The van der Waals surface area contributed by atoms with Crippen molar-refractivity contribution in [2.45, 2.75) is 25.5 Å². The monoisotopic (exact) mass is 269 g/mol. The highest BCUT2D eigenvalue weighted by Crippen LogP contribution is 2.17. The number of carbonyl (C=O) groups is 1. The van der Waals surface area contributed by atoms with E-state index in [-0.39, 0.29) is 18.1 Å². The minimum atomic E-state index is -0.218. The topological polar surface area (TPSA) is 63.2 Å². The summed E-state index contributed by atoms with van der Waals surface area (Å²) in [5, 5.41) is 6.39. The highest BCUT2D eigenvalue weighted by Gasteiger charge is 2.29. The first-order valence-corrected chi connectivity index (χ1v) is 6.18. The highest BCUT2D eigenvalue weighted by molar-refractivity contribution is 6.29. The second-order valence-corrected chi connectivity index (χ2v) is 4.70. The number of aromatic nitrogens is 1. The number of pyridine rings is 1. The first-order chi connectivity index (χ1) is 8.60. The molecule has 2 heterocycles. The van der Waals surface area contributed by atoms with Crippen LogP contribution in [0.5, 0.6) is 0 Å². The number of methoxy groups -OCH3 is 1. The molecule has 1 fully saturated rings. The van der Waals surface area contributed by atoms with Gasteiger partial charge in [0.1, 0.15) is 5.15 Å². The molecule has 2 N–H and O–H groups in total. The molecule has 1 aromatic heterocycles. The molecule has 0 saturated carbocycles. The first-order valence-electron chi connectivity index (χ1n) is 5.80. The standard InChI is InChI=1S/C12H16ClN3O2/c1-7-9(3-4-11(13)15-7)16-12(17)10-5-8(18-2)6-14-10/h3-4,8,10,14H,5-6H2,1-2H3,(H,16,17). The maximum absolute atomic E-state index is 12.0. The maximum atomic E-state index is 12.0. The third-order valence-electron chi connectivity index (χ3n) is 3.05. The Morgan fingerprint density at radius 3 is 3.00 bits per heavy atom. The summed E-state index contributed by atoms with van der Waals surface area (Å²) in [7, 11) is 1.65. The number of hydrogen-bond acceptors (Lipinski definition) is 4. The van der Waals surface area contributed by atoms with Gasteiger partial charge in [-0.25, -0.2) is 4.98 Å². The van der Waals surface area contributed by atoms with Gasteiger partial charge in [-0.05, 0) is 25.5 Å². The lowest BCUT2D eigenvalue weighted by Crippen LogP contribution is -2.35. The van der Waals surface area contributed by atoms with Gasteiger partial charge in [-0.2, -0.15) is 0 Å². The van der Waals surface area contributed by atoms with Gasteiger partial charge in [0.25, 0.3) is 0 Å². The SMILES string of the molecule is COC1CNC(C(=O)Nc2ccc(Cl)nc2C)C1. The predicted molar refractivity (Wildman–Crippen MR) is 69.8 cm³/mol. The van der Waals surface area contributed by atoms with E-state index in [9.17, 15) is 4.79 Å². The van der Waals surface area contributed by atoms with Gasteiger partial charge >= 0.3 is 0 Å². The minimum absolute atomic E-state index is 0.0678. The van der Waals surface area contributed by atoms with E-state index < -0.39 is 0 Å². The number of carbonyl (C=O) groups excluding carboxylic acids is 1. The molecule has 6 heteroatoms. The largest absolute Gasteiger partial charge is 0.380 e. The molecule has 0 aromatic carbocycles. The van der Waals surface area contributed by atoms with E-state index in [4.69, 9.17) is 16.3 Å². The molecule has 0 spiro atoms. The summed E-state index contributed by atoms with van der Waals surface area (Å²) in [5.41, 5.74) is 1.39. The van der Waals surface area contributed by atoms with Crippen LogP contribution < -0.4 is 10.6 Å². The van der Waals surface area contributed by atoms with E-state index in [2.05, 4.69) is 15.6 Å². The Labute approximate surface area is 111 Å². The van der Waals surface area contributed by atoms with Crippen LogP contribution in [0.15, 0.2) is 12.1 Å². The van der Waals surface area contributed by atoms with Gasteiger partial charge < -0.3 is 15.4 Å². The molecule has 0 bridgehead atoms. The van der Waals surface area contributed by atoms with Crippen molar-refractivity contribution in [2.24, 2.45) is 0 Å². The van der Waals surface area contributed by atoms with Gasteiger partial charge in [0.15, 0.2) is 0 Å². The number of nitrogens with zero attached hydrogens (tertiary/aromatic N) is 1. The maximum Gasteiger partial charge on any atom is 0.241 e. The lowest BCUT2D eigenvalue weighted by atomic mass is 10.2. The number of nitrogens with one attached hydrogen (secondary N) is 2. The average Bonchev–Trinajstić information content (AvgIpc) is 2.81. The molecule has 1 amide bonds. The second-order valence-electron chi connectivity index (χ2n) is 4.31. The van der Waals surface area contributed by atoms with Crippen molar-refractivity contribution >= 4 is 23.2 Å². The Morgan fingerprint density at radius 1 is 1.61 bits per heavy atom. The highest BCUT2D eigenvalue weighted by atomic mass is 35.5. The van der Waals surface area contributed by atoms with Gasteiger partial charge in [-0.15, -0.1) is 0 Å². The molecule has 18 heavy (non-hydrogen) atoms. The smallest absolute Gasteiger partial charge is 0.241 e. The number of hydrogen-bond donors (Lipinski definition) is 2. The molecule has 0 radical (unpaired) electrons. The van der Waals surface area contributed by atoms with Crippen LogP contribution >= 0.6 is 11.6 Å². The minimum Gasteiger partial charge on any atom is -0.380 e. The Hall–Kier alpha value is -1.17. The molecule has 1 saturated heterocycles. The molecule has 1 aliphatic rings. The van der Waals surface area contributed by atoms with Crippen LogP contribution in [0.1, 0.15) is 12.1 Å². The zero-order valence-corrected chi connectivity index (χ0v) is 11.1. The number of rotatable bonds is 3. The van der Waals surface area contributed by atoms with E-state index in [1.54, 1.807) is 19.2 Å². The summed E-state index contributed by atoms with van der Waals surface area (Å²) < 4.78 is 5.21. The fourth-order valence-corrected chi connectivity index (χ4v) is 2.15. The number of aryl methyl sites for hydroxylation is 1. The van der Waals surface area contributed by atoms with Gasteiger partial charge in [0, 0.05) is 13.7 Å². The van der Waals surface area contributed by atoms with Gasteiger partial charge in [-0.1, -0.05) is 11.6 Å². The number of halogens is 1. The van der Waals surface area contributed by atoms with Crippen LogP contribution in [0.4, 0.5) is 5.69 Å². The van der Waals surface area contributed by atoms with Crippen molar-refractivity contribution in [1.82, 2.24) is 10.3 Å². The third-order valence-corrected chi connectivity index (χ3v) is 3.26. The van der Waals surface area contributed by atoms with E-state index >= 15 is 0 Å². The molecular formula is C12H16ClN3O2. The van der Waals surface area contributed by atoms with E-state index in [1.165, 1.54) is 0 Å². The van der Waals surface area contributed by atoms with Crippen LogP contribution in [0.25, 0.3) is 0 Å². The van der Waals surface area contributed by atoms with Crippen molar-refractivity contribution in [3.63, 3.8) is 0 Å². The number of amides is 1. The summed E-state index contributed by atoms with van der Waals surface area (Å²) in [5.74, 6) is -0.0678. The average molecular weight is 270 g/mol. The zero-order chi connectivity index (χ0) is 13.1. The quantitative estimate of drug-likeness (QED) is 0.814. The molecule has 0 aliphatic carbocycles.